The highest BCUT2D eigenvalue weighted by molar-refractivity contribution is 5.83. The number of para-hydroxylation sites is 1. The lowest BCUT2D eigenvalue weighted by atomic mass is 10.0. The van der Waals surface area contributed by atoms with Crippen LogP contribution in [-0.4, -0.2) is 16.7 Å². The first-order chi connectivity index (χ1) is 7.79. The standard InChI is InChI=1S/C14H15NO/c1-9-6-13(12-7-10(12)8-16)11-4-2-3-5-14(11)15-9/h2-6,10,12,16H,7-8H2,1H3. The highest BCUT2D eigenvalue weighted by atomic mass is 16.3. The van der Waals surface area contributed by atoms with Gasteiger partial charge in [-0.1, -0.05) is 18.2 Å². The van der Waals surface area contributed by atoms with Crippen LogP contribution in [0.3, 0.4) is 0 Å². The Morgan fingerprint density at radius 3 is 2.94 bits per heavy atom. The van der Waals surface area contributed by atoms with E-state index in [2.05, 4.69) is 29.2 Å². The molecule has 2 unspecified atom stereocenters. The number of hydrogen-bond donors (Lipinski definition) is 1. The fourth-order valence-corrected chi connectivity index (χ4v) is 2.48. The summed E-state index contributed by atoms with van der Waals surface area (Å²) >= 11 is 0. The Kier molecular flexibility index (Phi) is 2.18. The average molecular weight is 213 g/mol. The van der Waals surface area contributed by atoms with E-state index in [1.807, 2.05) is 13.0 Å². The molecule has 3 rings (SSSR count). The minimum absolute atomic E-state index is 0.306. The van der Waals surface area contributed by atoms with Gasteiger partial charge in [0.05, 0.1) is 5.52 Å². The smallest absolute Gasteiger partial charge is 0.0708 e. The summed E-state index contributed by atoms with van der Waals surface area (Å²) in [6, 6.07) is 10.4. The number of pyridine rings is 1. The molecule has 0 aliphatic heterocycles. The molecule has 2 atom stereocenters. The Bertz CT molecular complexity index is 535. The number of aryl methyl sites for hydroxylation is 1. The molecule has 2 heteroatoms. The first-order valence-electron chi connectivity index (χ1n) is 5.76. The molecule has 1 saturated carbocycles. The van der Waals surface area contributed by atoms with Gasteiger partial charge >= 0.3 is 0 Å². The van der Waals surface area contributed by atoms with Crippen molar-refractivity contribution in [3.05, 3.63) is 41.6 Å². The maximum absolute atomic E-state index is 9.16. The van der Waals surface area contributed by atoms with Crippen molar-refractivity contribution >= 4 is 10.9 Å². The van der Waals surface area contributed by atoms with Gasteiger partial charge in [0.15, 0.2) is 0 Å². The molecule has 82 valence electrons. The van der Waals surface area contributed by atoms with Crippen LogP contribution in [0.15, 0.2) is 30.3 Å². The van der Waals surface area contributed by atoms with Gasteiger partial charge in [0.1, 0.15) is 0 Å². The molecule has 0 bridgehead atoms. The third-order valence-electron chi connectivity index (χ3n) is 3.43. The summed E-state index contributed by atoms with van der Waals surface area (Å²) in [4.78, 5) is 4.53. The normalized spacial score (nSPS) is 23.6. The van der Waals surface area contributed by atoms with Gasteiger partial charge in [0.2, 0.25) is 0 Å². The molecular weight excluding hydrogens is 198 g/mol. The van der Waals surface area contributed by atoms with Gasteiger partial charge in [-0.2, -0.15) is 0 Å². The maximum atomic E-state index is 9.16. The van der Waals surface area contributed by atoms with E-state index in [9.17, 15) is 0 Å². The van der Waals surface area contributed by atoms with E-state index in [1.54, 1.807) is 0 Å². The molecule has 2 aromatic rings. The van der Waals surface area contributed by atoms with E-state index >= 15 is 0 Å². The summed E-state index contributed by atoms with van der Waals surface area (Å²) in [5.74, 6) is 1.00. The second-order valence-corrected chi connectivity index (χ2v) is 4.65. The van der Waals surface area contributed by atoms with E-state index in [0.29, 0.717) is 18.4 Å². The molecule has 16 heavy (non-hydrogen) atoms. The molecule has 1 aliphatic carbocycles. The van der Waals surface area contributed by atoms with Gasteiger partial charge < -0.3 is 5.11 Å². The van der Waals surface area contributed by atoms with Crippen molar-refractivity contribution in [3.63, 3.8) is 0 Å². The third-order valence-corrected chi connectivity index (χ3v) is 3.43. The number of fused-ring (bicyclic) bond motifs is 1. The zero-order chi connectivity index (χ0) is 11.1. The predicted octanol–water partition coefficient (Wildman–Crippen LogP) is 2.64. The lowest BCUT2D eigenvalue weighted by Gasteiger charge is -2.07. The minimum Gasteiger partial charge on any atom is -0.396 e. The first kappa shape index (κ1) is 9.79. The van der Waals surface area contributed by atoms with Crippen molar-refractivity contribution in [1.29, 1.82) is 0 Å². The van der Waals surface area contributed by atoms with Gasteiger partial charge in [-0.05, 0) is 42.9 Å². The van der Waals surface area contributed by atoms with Crippen molar-refractivity contribution in [2.75, 3.05) is 6.61 Å². The first-order valence-corrected chi connectivity index (χ1v) is 5.76. The Hall–Kier alpha value is -1.41. The fraction of sp³-hybridized carbons (Fsp3) is 0.357. The molecule has 1 aromatic heterocycles. The zero-order valence-corrected chi connectivity index (χ0v) is 9.35. The number of rotatable bonds is 2. The summed E-state index contributed by atoms with van der Waals surface area (Å²) in [6.45, 7) is 2.34. The molecule has 1 aliphatic rings. The fourth-order valence-electron chi connectivity index (χ4n) is 2.48. The highest BCUT2D eigenvalue weighted by Crippen LogP contribution is 2.48. The van der Waals surface area contributed by atoms with Gasteiger partial charge in [0, 0.05) is 17.7 Å². The number of nitrogens with zero attached hydrogens (tertiary/aromatic N) is 1. The van der Waals surface area contributed by atoms with Gasteiger partial charge in [-0.3, -0.25) is 4.98 Å². The minimum atomic E-state index is 0.306. The summed E-state index contributed by atoms with van der Waals surface area (Å²) in [6.07, 6.45) is 1.12. The van der Waals surface area contributed by atoms with E-state index in [0.717, 1.165) is 17.6 Å². The van der Waals surface area contributed by atoms with Crippen LogP contribution >= 0.6 is 0 Å². The summed E-state index contributed by atoms with van der Waals surface area (Å²) in [7, 11) is 0. The quantitative estimate of drug-likeness (QED) is 0.832. The van der Waals surface area contributed by atoms with E-state index in [1.165, 1.54) is 10.9 Å². The molecule has 1 N–H and O–H groups in total. The molecule has 1 heterocycles. The van der Waals surface area contributed by atoms with Crippen LogP contribution in [0.5, 0.6) is 0 Å². The maximum Gasteiger partial charge on any atom is 0.0708 e. The van der Waals surface area contributed by atoms with E-state index in [-0.39, 0.29) is 0 Å². The topological polar surface area (TPSA) is 33.1 Å². The van der Waals surface area contributed by atoms with Crippen molar-refractivity contribution < 1.29 is 5.11 Å². The van der Waals surface area contributed by atoms with Crippen LogP contribution in [0.25, 0.3) is 10.9 Å². The van der Waals surface area contributed by atoms with Crippen molar-refractivity contribution in [2.24, 2.45) is 5.92 Å². The summed E-state index contributed by atoms with van der Waals surface area (Å²) in [5, 5.41) is 10.4. The van der Waals surface area contributed by atoms with Crippen molar-refractivity contribution in [2.45, 2.75) is 19.3 Å². The number of benzene rings is 1. The van der Waals surface area contributed by atoms with Crippen LogP contribution < -0.4 is 0 Å². The number of hydrogen-bond acceptors (Lipinski definition) is 2. The van der Waals surface area contributed by atoms with E-state index < -0.39 is 0 Å². The highest BCUT2D eigenvalue weighted by Gasteiger charge is 2.38. The van der Waals surface area contributed by atoms with Crippen molar-refractivity contribution in [1.82, 2.24) is 4.98 Å². The van der Waals surface area contributed by atoms with Gasteiger partial charge in [-0.25, -0.2) is 0 Å². The van der Waals surface area contributed by atoms with Crippen LogP contribution in [0.1, 0.15) is 23.6 Å². The van der Waals surface area contributed by atoms with E-state index in [4.69, 9.17) is 5.11 Å². The predicted molar refractivity (Wildman–Crippen MR) is 64.4 cm³/mol. The molecule has 0 radical (unpaired) electrons. The van der Waals surface area contributed by atoms with Crippen LogP contribution in [0, 0.1) is 12.8 Å². The Labute approximate surface area is 94.9 Å². The Morgan fingerprint density at radius 1 is 1.38 bits per heavy atom. The molecule has 0 saturated heterocycles. The lowest BCUT2D eigenvalue weighted by Crippen LogP contribution is -1.93. The van der Waals surface area contributed by atoms with Crippen molar-refractivity contribution in [3.8, 4) is 0 Å². The van der Waals surface area contributed by atoms with Crippen LogP contribution in [-0.2, 0) is 0 Å². The molecule has 0 amide bonds. The Balaban J connectivity index is 2.16. The largest absolute Gasteiger partial charge is 0.396 e. The molecule has 1 aromatic carbocycles. The third kappa shape index (κ3) is 1.50. The number of aliphatic hydroxyl groups is 1. The second kappa shape index (κ2) is 3.56. The Morgan fingerprint density at radius 2 is 2.19 bits per heavy atom. The SMILES string of the molecule is Cc1cc(C2CC2CO)c2ccccc2n1. The molecule has 0 spiro atoms. The molecule has 2 nitrogen and oxygen atoms in total. The lowest BCUT2D eigenvalue weighted by molar-refractivity contribution is 0.274. The number of aliphatic hydroxyl groups excluding tert-OH is 1. The molecule has 1 fully saturated rings. The average Bonchev–Trinajstić information content (AvgIpc) is 3.07. The monoisotopic (exact) mass is 213 g/mol. The van der Waals surface area contributed by atoms with Gasteiger partial charge in [0.25, 0.3) is 0 Å². The number of aromatic nitrogens is 1. The van der Waals surface area contributed by atoms with Crippen LogP contribution in [0.2, 0.25) is 0 Å². The summed E-state index contributed by atoms with van der Waals surface area (Å²) < 4.78 is 0. The molecular formula is C14H15NO. The summed E-state index contributed by atoms with van der Waals surface area (Å²) in [5.41, 5.74) is 3.50. The zero-order valence-electron chi connectivity index (χ0n) is 9.35. The van der Waals surface area contributed by atoms with Crippen LogP contribution in [0.4, 0.5) is 0 Å². The van der Waals surface area contributed by atoms with Gasteiger partial charge in [-0.15, -0.1) is 0 Å². The second-order valence-electron chi connectivity index (χ2n) is 4.65.